The Morgan fingerprint density at radius 2 is 1.86 bits per heavy atom. The summed E-state index contributed by atoms with van der Waals surface area (Å²) in [7, 11) is 0. The number of alkyl halides is 3. The first kappa shape index (κ1) is 13.5. The molecule has 0 aliphatic carbocycles. The molecule has 0 heterocycles. The summed E-state index contributed by atoms with van der Waals surface area (Å²) in [6.45, 7) is 4.87. The van der Waals surface area contributed by atoms with Gasteiger partial charge in [-0.1, -0.05) is 36.7 Å². The van der Waals surface area contributed by atoms with Gasteiger partial charge < -0.3 is 5.11 Å². The SMILES string of the molecule is CC(C)(C)/C(O)=C/C(=O)C(F)(F)CBr. The molecule has 0 unspecified atom stereocenters. The highest BCUT2D eigenvalue weighted by atomic mass is 79.9. The molecular weight excluding hydrogens is 258 g/mol. The zero-order valence-corrected chi connectivity index (χ0v) is 9.86. The molecule has 0 saturated heterocycles. The molecule has 2 nitrogen and oxygen atoms in total. The third kappa shape index (κ3) is 3.74. The highest BCUT2D eigenvalue weighted by molar-refractivity contribution is 9.09. The van der Waals surface area contributed by atoms with Crippen LogP contribution < -0.4 is 0 Å². The number of aliphatic hydroxyl groups excluding tert-OH is 1. The molecule has 0 radical (unpaired) electrons. The van der Waals surface area contributed by atoms with E-state index in [1.54, 1.807) is 20.8 Å². The fraction of sp³-hybridized carbons (Fsp3) is 0.667. The van der Waals surface area contributed by atoms with Crippen molar-refractivity contribution in [2.24, 2.45) is 5.41 Å². The minimum Gasteiger partial charge on any atom is -0.512 e. The van der Waals surface area contributed by atoms with E-state index in [1.807, 2.05) is 0 Å². The van der Waals surface area contributed by atoms with Crippen molar-refractivity contribution in [1.82, 2.24) is 0 Å². The number of halogens is 3. The number of aliphatic hydroxyl groups is 1. The molecule has 0 saturated carbocycles. The van der Waals surface area contributed by atoms with Gasteiger partial charge in [0.25, 0.3) is 0 Å². The van der Waals surface area contributed by atoms with Crippen LogP contribution in [0.2, 0.25) is 0 Å². The van der Waals surface area contributed by atoms with Crippen LogP contribution in [0.5, 0.6) is 0 Å². The summed E-state index contributed by atoms with van der Waals surface area (Å²) in [5.41, 5.74) is -0.696. The van der Waals surface area contributed by atoms with Crippen LogP contribution in [0.25, 0.3) is 0 Å². The number of carbonyl (C=O) groups excluding carboxylic acids is 1. The largest absolute Gasteiger partial charge is 0.512 e. The Morgan fingerprint density at radius 3 is 2.14 bits per heavy atom. The maximum atomic E-state index is 12.7. The molecule has 0 fully saturated rings. The fourth-order valence-electron chi connectivity index (χ4n) is 0.512. The summed E-state index contributed by atoms with van der Waals surface area (Å²) in [5.74, 6) is -5.19. The Balaban J connectivity index is 4.77. The summed E-state index contributed by atoms with van der Waals surface area (Å²) in [6, 6.07) is 0. The Kier molecular flexibility index (Phi) is 4.24. The van der Waals surface area contributed by atoms with Gasteiger partial charge in [0, 0.05) is 11.5 Å². The molecule has 0 atom stereocenters. The molecule has 0 aliphatic rings. The van der Waals surface area contributed by atoms with Crippen molar-refractivity contribution < 1.29 is 18.7 Å². The summed E-state index contributed by atoms with van der Waals surface area (Å²) < 4.78 is 25.5. The van der Waals surface area contributed by atoms with Gasteiger partial charge in [-0.05, 0) is 0 Å². The molecule has 5 heteroatoms. The molecule has 0 spiro atoms. The highest BCUT2D eigenvalue weighted by Crippen LogP contribution is 2.25. The van der Waals surface area contributed by atoms with Gasteiger partial charge in [0.15, 0.2) is 0 Å². The minimum absolute atomic E-state index is 0.344. The number of allylic oxidation sites excluding steroid dienone is 2. The number of hydrogen-bond donors (Lipinski definition) is 1. The van der Waals surface area contributed by atoms with Gasteiger partial charge in [0.05, 0.1) is 5.33 Å². The molecular formula is C9H13BrF2O2. The minimum atomic E-state index is -3.46. The summed E-state index contributed by atoms with van der Waals surface area (Å²) in [6.07, 6.45) is 0.585. The van der Waals surface area contributed by atoms with Crippen molar-refractivity contribution in [2.45, 2.75) is 26.7 Å². The number of hydrogen-bond acceptors (Lipinski definition) is 2. The van der Waals surface area contributed by atoms with E-state index >= 15 is 0 Å². The van der Waals surface area contributed by atoms with Crippen molar-refractivity contribution in [1.29, 1.82) is 0 Å². The monoisotopic (exact) mass is 270 g/mol. The molecule has 1 N–H and O–H groups in total. The van der Waals surface area contributed by atoms with Crippen molar-refractivity contribution in [3.63, 3.8) is 0 Å². The van der Waals surface area contributed by atoms with Crippen LogP contribution in [0, 0.1) is 5.41 Å². The van der Waals surface area contributed by atoms with E-state index in [9.17, 15) is 18.7 Å². The van der Waals surface area contributed by atoms with Gasteiger partial charge in [-0.25, -0.2) is 0 Å². The van der Waals surface area contributed by atoms with Gasteiger partial charge in [-0.3, -0.25) is 4.79 Å². The molecule has 0 aromatic carbocycles. The summed E-state index contributed by atoms with van der Waals surface area (Å²) in [4.78, 5) is 10.9. The molecule has 0 bridgehead atoms. The lowest BCUT2D eigenvalue weighted by Crippen LogP contribution is -2.29. The van der Waals surface area contributed by atoms with E-state index in [1.165, 1.54) is 0 Å². The second kappa shape index (κ2) is 4.38. The quantitative estimate of drug-likeness (QED) is 0.486. The molecule has 0 aliphatic heterocycles. The highest BCUT2D eigenvalue weighted by Gasteiger charge is 2.36. The second-order valence-corrected chi connectivity index (χ2v) is 4.54. The first-order valence-electron chi connectivity index (χ1n) is 4.00. The Hall–Kier alpha value is -0.450. The second-order valence-electron chi connectivity index (χ2n) is 3.98. The Bertz CT molecular complexity index is 254. The van der Waals surface area contributed by atoms with E-state index in [2.05, 4.69) is 15.9 Å². The van der Waals surface area contributed by atoms with Gasteiger partial charge in [0.2, 0.25) is 5.78 Å². The lowest BCUT2D eigenvalue weighted by molar-refractivity contribution is -0.134. The fourth-order valence-corrected chi connectivity index (χ4v) is 0.788. The molecule has 0 amide bonds. The van der Waals surface area contributed by atoms with Crippen LogP contribution in [0.4, 0.5) is 8.78 Å². The predicted molar refractivity (Wildman–Crippen MR) is 53.9 cm³/mol. The van der Waals surface area contributed by atoms with Crippen LogP contribution in [0.1, 0.15) is 20.8 Å². The van der Waals surface area contributed by atoms with Crippen molar-refractivity contribution >= 4 is 21.7 Å². The maximum absolute atomic E-state index is 12.7. The molecule has 0 aromatic heterocycles. The molecule has 0 rings (SSSR count). The van der Waals surface area contributed by atoms with Crippen molar-refractivity contribution in [2.75, 3.05) is 5.33 Å². The lowest BCUT2D eigenvalue weighted by Gasteiger charge is -2.17. The van der Waals surface area contributed by atoms with Crippen molar-refractivity contribution in [3.05, 3.63) is 11.8 Å². The lowest BCUT2D eigenvalue weighted by atomic mass is 9.93. The van der Waals surface area contributed by atoms with E-state index in [0.717, 1.165) is 0 Å². The van der Waals surface area contributed by atoms with E-state index < -0.39 is 22.5 Å². The molecule has 14 heavy (non-hydrogen) atoms. The van der Waals surface area contributed by atoms with Gasteiger partial charge >= 0.3 is 5.92 Å². The number of ketones is 1. The molecule has 0 aromatic rings. The number of rotatable bonds is 3. The average Bonchev–Trinajstić information content (AvgIpc) is 2.02. The predicted octanol–water partition coefficient (Wildman–Crippen LogP) is 3.07. The van der Waals surface area contributed by atoms with Crippen LogP contribution in [0.15, 0.2) is 11.8 Å². The third-order valence-electron chi connectivity index (χ3n) is 1.56. The van der Waals surface area contributed by atoms with E-state index in [-0.39, 0.29) is 5.76 Å². The maximum Gasteiger partial charge on any atom is 0.318 e. The van der Waals surface area contributed by atoms with Crippen LogP contribution >= 0.6 is 15.9 Å². The standard InChI is InChI=1S/C9H13BrF2O2/c1-8(2,3)6(13)4-7(14)9(11,12)5-10/h4,13H,5H2,1-3H3/b6-4-. The first-order chi connectivity index (χ1) is 6.11. The zero-order valence-electron chi connectivity index (χ0n) is 8.27. The first-order valence-corrected chi connectivity index (χ1v) is 5.13. The Labute approximate surface area is 90.1 Å². The van der Waals surface area contributed by atoms with E-state index in [0.29, 0.717) is 6.08 Å². The normalized spacial score (nSPS) is 14.3. The summed E-state index contributed by atoms with van der Waals surface area (Å²) in [5, 5.41) is 8.56. The smallest absolute Gasteiger partial charge is 0.318 e. The van der Waals surface area contributed by atoms with Crippen LogP contribution in [0.3, 0.4) is 0 Å². The topological polar surface area (TPSA) is 37.3 Å². The van der Waals surface area contributed by atoms with Gasteiger partial charge in [0.1, 0.15) is 5.76 Å². The average molecular weight is 271 g/mol. The van der Waals surface area contributed by atoms with Crippen molar-refractivity contribution in [3.8, 4) is 0 Å². The number of carbonyl (C=O) groups is 1. The zero-order chi connectivity index (χ0) is 11.6. The van der Waals surface area contributed by atoms with Gasteiger partial charge in [-0.15, -0.1) is 0 Å². The van der Waals surface area contributed by atoms with Crippen LogP contribution in [-0.4, -0.2) is 22.1 Å². The third-order valence-corrected chi connectivity index (χ3v) is 2.27. The summed E-state index contributed by atoms with van der Waals surface area (Å²) >= 11 is 2.53. The Morgan fingerprint density at radius 1 is 1.43 bits per heavy atom. The molecule has 82 valence electrons. The van der Waals surface area contributed by atoms with Gasteiger partial charge in [-0.2, -0.15) is 8.78 Å². The van der Waals surface area contributed by atoms with Crippen LogP contribution in [-0.2, 0) is 4.79 Å². The van der Waals surface area contributed by atoms with E-state index in [4.69, 9.17) is 0 Å².